The van der Waals surface area contributed by atoms with Crippen LogP contribution in [0.15, 0.2) is 42.5 Å². The molecular weight excluding hydrogens is 550 g/mol. The van der Waals surface area contributed by atoms with E-state index in [1.54, 1.807) is 0 Å². The van der Waals surface area contributed by atoms with Gasteiger partial charge in [0.05, 0.1) is 46.8 Å². The molecule has 3 aliphatic heterocycles. The molecule has 0 aromatic heterocycles. The van der Waals surface area contributed by atoms with Crippen LogP contribution in [0.3, 0.4) is 0 Å². The van der Waals surface area contributed by atoms with Crippen molar-refractivity contribution in [2.45, 2.75) is 57.4 Å². The molecule has 0 aliphatic carbocycles. The van der Waals surface area contributed by atoms with Crippen molar-refractivity contribution < 1.29 is 38.1 Å². The number of carboxylic acid groups (broad SMARTS) is 1. The third-order valence-electron chi connectivity index (χ3n) is 8.50. The van der Waals surface area contributed by atoms with Crippen molar-refractivity contribution >= 4 is 17.6 Å². The van der Waals surface area contributed by atoms with E-state index in [1.165, 1.54) is 5.56 Å². The summed E-state index contributed by atoms with van der Waals surface area (Å²) in [5.41, 5.74) is 2.93. The van der Waals surface area contributed by atoms with Gasteiger partial charge in [-0.2, -0.15) is 0 Å². The first-order valence-electron chi connectivity index (χ1n) is 15.4. The molecule has 0 spiro atoms. The van der Waals surface area contributed by atoms with Gasteiger partial charge >= 0.3 is 5.97 Å². The standard InChI is InChI=1S/C33H45N3O7/c1-5-6-14-35(25-9-7-8-23(17-25)21-36(2,3)4)30(37)20-34-19-26(24-10-12-28-29(18-24)43-22-42-28)32(33(38)39)27(34)11-13-31-40-15-16-41-31/h7-10,12,17-18,26-27,31-32H,5-6,11,13-16,19-22H2,1-4H3/p+1. The highest BCUT2D eigenvalue weighted by molar-refractivity contribution is 5.95. The van der Waals surface area contributed by atoms with Gasteiger partial charge in [-0.25, -0.2) is 0 Å². The first kappa shape index (κ1) is 31.3. The van der Waals surface area contributed by atoms with Gasteiger partial charge in [-0.05, 0) is 49.1 Å². The maximum Gasteiger partial charge on any atom is 0.308 e. The third-order valence-corrected chi connectivity index (χ3v) is 8.50. The van der Waals surface area contributed by atoms with Crippen LogP contribution in [0.4, 0.5) is 5.69 Å². The van der Waals surface area contributed by atoms with Crippen molar-refractivity contribution in [2.24, 2.45) is 5.92 Å². The predicted molar refractivity (Wildman–Crippen MR) is 162 cm³/mol. The summed E-state index contributed by atoms with van der Waals surface area (Å²) in [6, 6.07) is 13.5. The maximum atomic E-state index is 14.1. The van der Waals surface area contributed by atoms with Crippen molar-refractivity contribution in [3.63, 3.8) is 0 Å². The van der Waals surface area contributed by atoms with E-state index in [-0.39, 0.29) is 37.5 Å². The van der Waals surface area contributed by atoms with Crippen LogP contribution in [0.1, 0.15) is 49.7 Å². The number of benzene rings is 2. The molecule has 3 heterocycles. The van der Waals surface area contributed by atoms with Crippen molar-refractivity contribution in [1.82, 2.24) is 4.90 Å². The van der Waals surface area contributed by atoms with Gasteiger partial charge in [-0.15, -0.1) is 0 Å². The number of nitrogens with zero attached hydrogens (tertiary/aromatic N) is 3. The summed E-state index contributed by atoms with van der Waals surface area (Å²) in [5, 5.41) is 10.5. The van der Waals surface area contributed by atoms with Gasteiger partial charge in [0.15, 0.2) is 17.8 Å². The summed E-state index contributed by atoms with van der Waals surface area (Å²) < 4.78 is 23.2. The molecule has 43 heavy (non-hydrogen) atoms. The zero-order valence-electron chi connectivity index (χ0n) is 25.9. The highest BCUT2D eigenvalue weighted by Crippen LogP contribution is 2.43. The minimum atomic E-state index is -0.869. The maximum absolute atomic E-state index is 14.1. The number of fused-ring (bicyclic) bond motifs is 1. The van der Waals surface area contributed by atoms with Crippen LogP contribution >= 0.6 is 0 Å². The molecule has 1 amide bonds. The molecule has 2 aromatic carbocycles. The van der Waals surface area contributed by atoms with Crippen molar-refractivity contribution in [3.8, 4) is 11.5 Å². The zero-order chi connectivity index (χ0) is 30.6. The number of carbonyl (C=O) groups is 2. The van der Waals surface area contributed by atoms with E-state index < -0.39 is 11.9 Å². The Kier molecular flexibility index (Phi) is 9.91. The molecule has 2 fully saturated rings. The second-order valence-corrected chi connectivity index (χ2v) is 12.8. The molecule has 10 nitrogen and oxygen atoms in total. The fraction of sp³-hybridized carbons (Fsp3) is 0.576. The van der Waals surface area contributed by atoms with Crippen LogP contribution in [0.5, 0.6) is 11.5 Å². The van der Waals surface area contributed by atoms with Crippen LogP contribution in [0, 0.1) is 5.92 Å². The second-order valence-electron chi connectivity index (χ2n) is 12.8. The normalized spacial score (nSPS) is 22.3. The highest BCUT2D eigenvalue weighted by atomic mass is 16.7. The van der Waals surface area contributed by atoms with Crippen LogP contribution in [-0.4, -0.2) is 99.5 Å². The Morgan fingerprint density at radius 2 is 1.79 bits per heavy atom. The van der Waals surface area contributed by atoms with Gasteiger partial charge in [0, 0.05) is 36.3 Å². The second kappa shape index (κ2) is 13.6. The zero-order valence-corrected chi connectivity index (χ0v) is 25.9. The lowest BCUT2D eigenvalue weighted by Crippen LogP contribution is -2.45. The SMILES string of the molecule is CCCCN(C(=O)CN1CC(c2ccc3c(c2)OCO3)C(C(=O)O)C1CCC1OCCO1)c1cccc(C[N+](C)(C)C)c1. The lowest BCUT2D eigenvalue weighted by Gasteiger charge is -2.30. The molecule has 3 aliphatic rings. The molecule has 0 radical (unpaired) electrons. The Balaban J connectivity index is 1.41. The Morgan fingerprint density at radius 1 is 1.02 bits per heavy atom. The number of hydrogen-bond acceptors (Lipinski definition) is 7. The topological polar surface area (TPSA) is 97.8 Å². The Labute approximate surface area is 254 Å². The largest absolute Gasteiger partial charge is 0.481 e. The average Bonchev–Trinajstić information content (AvgIpc) is 3.71. The summed E-state index contributed by atoms with van der Waals surface area (Å²) in [4.78, 5) is 30.9. The molecule has 3 unspecified atom stereocenters. The van der Waals surface area contributed by atoms with Gasteiger partial charge < -0.3 is 33.4 Å². The number of aliphatic carboxylic acids is 1. The van der Waals surface area contributed by atoms with Gasteiger partial charge in [0.1, 0.15) is 6.54 Å². The molecule has 234 valence electrons. The van der Waals surface area contributed by atoms with Gasteiger partial charge in [-0.3, -0.25) is 14.5 Å². The number of anilines is 1. The molecule has 2 saturated heterocycles. The molecule has 10 heteroatoms. The third kappa shape index (κ3) is 7.67. The van der Waals surface area contributed by atoms with Gasteiger partial charge in [0.25, 0.3) is 0 Å². The molecule has 0 bridgehead atoms. The predicted octanol–water partition coefficient (Wildman–Crippen LogP) is 4.08. The average molecular weight is 597 g/mol. The van der Waals surface area contributed by atoms with E-state index in [4.69, 9.17) is 18.9 Å². The van der Waals surface area contributed by atoms with Gasteiger partial charge in [-0.1, -0.05) is 31.5 Å². The summed E-state index contributed by atoms with van der Waals surface area (Å²) in [6.07, 6.45) is 2.61. The summed E-state index contributed by atoms with van der Waals surface area (Å²) in [6.45, 7) is 5.39. The molecular formula is C33H46N3O7+. The number of hydrogen-bond donors (Lipinski definition) is 1. The van der Waals surface area contributed by atoms with E-state index >= 15 is 0 Å². The van der Waals surface area contributed by atoms with Crippen molar-refractivity contribution in [2.75, 3.05) is 65.7 Å². The van der Waals surface area contributed by atoms with E-state index in [0.717, 1.165) is 35.1 Å². The minimum absolute atomic E-state index is 0.0234. The molecule has 5 rings (SSSR count). The number of quaternary nitrogens is 1. The highest BCUT2D eigenvalue weighted by Gasteiger charge is 2.47. The van der Waals surface area contributed by atoms with Crippen LogP contribution in [0.25, 0.3) is 0 Å². The monoisotopic (exact) mass is 596 g/mol. The number of carbonyl (C=O) groups excluding carboxylic acids is 1. The molecule has 1 N–H and O–H groups in total. The quantitative estimate of drug-likeness (QED) is 0.346. The number of carboxylic acids is 1. The van der Waals surface area contributed by atoms with E-state index in [1.807, 2.05) is 35.2 Å². The minimum Gasteiger partial charge on any atom is -0.481 e. The summed E-state index contributed by atoms with van der Waals surface area (Å²) >= 11 is 0. The molecule has 0 saturated carbocycles. The Hall–Kier alpha value is -3.18. The van der Waals surface area contributed by atoms with Crippen LogP contribution in [-0.2, 0) is 25.6 Å². The smallest absolute Gasteiger partial charge is 0.308 e. The Bertz CT molecular complexity index is 1270. The number of ether oxygens (including phenoxy) is 4. The number of unbranched alkanes of at least 4 members (excludes halogenated alkanes) is 1. The van der Waals surface area contributed by atoms with Crippen LogP contribution < -0.4 is 14.4 Å². The van der Waals surface area contributed by atoms with Crippen LogP contribution in [0.2, 0.25) is 0 Å². The first-order valence-corrected chi connectivity index (χ1v) is 15.4. The number of likely N-dealkylation sites (tertiary alicyclic amines) is 1. The molecule has 2 aromatic rings. The Morgan fingerprint density at radius 3 is 2.51 bits per heavy atom. The number of amides is 1. The van der Waals surface area contributed by atoms with Gasteiger partial charge in [0.2, 0.25) is 12.7 Å². The fourth-order valence-corrected chi connectivity index (χ4v) is 6.56. The van der Waals surface area contributed by atoms with E-state index in [0.29, 0.717) is 50.6 Å². The summed E-state index contributed by atoms with van der Waals surface area (Å²) in [7, 11) is 6.45. The summed E-state index contributed by atoms with van der Waals surface area (Å²) in [5.74, 6) is -0.623. The number of rotatable bonds is 13. The molecule has 3 atom stereocenters. The fourth-order valence-electron chi connectivity index (χ4n) is 6.56. The van der Waals surface area contributed by atoms with E-state index in [2.05, 4.69) is 45.1 Å². The van der Waals surface area contributed by atoms with Crippen molar-refractivity contribution in [1.29, 1.82) is 0 Å². The van der Waals surface area contributed by atoms with E-state index in [9.17, 15) is 14.7 Å². The lowest BCUT2D eigenvalue weighted by molar-refractivity contribution is -0.884. The first-order chi connectivity index (χ1) is 20.6. The van der Waals surface area contributed by atoms with Crippen molar-refractivity contribution in [3.05, 3.63) is 53.6 Å². The lowest BCUT2D eigenvalue weighted by atomic mass is 9.83.